The Bertz CT molecular complexity index is 313. The summed E-state index contributed by atoms with van der Waals surface area (Å²) < 4.78 is 5.58. The van der Waals surface area contributed by atoms with Crippen LogP contribution in [0.3, 0.4) is 0 Å². The molecule has 82 valence electrons. The number of hydrogen-bond donors (Lipinski definition) is 0. The van der Waals surface area contributed by atoms with Gasteiger partial charge in [-0.05, 0) is 32.0 Å². The number of pyridine rings is 1. The first-order valence-corrected chi connectivity index (χ1v) is 5.69. The van der Waals surface area contributed by atoms with E-state index in [-0.39, 0.29) is 0 Å². The molecule has 0 radical (unpaired) electrons. The van der Waals surface area contributed by atoms with E-state index in [9.17, 15) is 0 Å². The van der Waals surface area contributed by atoms with Gasteiger partial charge in [0, 0.05) is 18.8 Å². The number of aromatic nitrogens is 1. The Hall–Kier alpha value is -0.800. The van der Waals surface area contributed by atoms with Crippen LogP contribution in [-0.4, -0.2) is 36.1 Å². The zero-order valence-corrected chi connectivity index (χ0v) is 9.41. The van der Waals surface area contributed by atoms with Crippen LogP contribution in [0.1, 0.15) is 12.8 Å². The first-order valence-electron chi connectivity index (χ1n) is 5.31. The molecule has 0 aliphatic carbocycles. The molecule has 15 heavy (non-hydrogen) atoms. The van der Waals surface area contributed by atoms with Crippen LogP contribution in [0.4, 0.5) is 0 Å². The van der Waals surface area contributed by atoms with Crippen molar-refractivity contribution in [2.75, 3.05) is 26.2 Å². The minimum atomic E-state index is 0.480. The predicted molar refractivity (Wildman–Crippen MR) is 60.4 cm³/mol. The van der Waals surface area contributed by atoms with Crippen LogP contribution < -0.4 is 4.74 Å². The molecule has 0 aromatic carbocycles. The largest absolute Gasteiger partial charge is 0.492 e. The molecule has 0 unspecified atom stereocenters. The van der Waals surface area contributed by atoms with E-state index < -0.39 is 0 Å². The molecular weight excluding hydrogens is 212 g/mol. The smallest absolute Gasteiger partial charge is 0.132 e. The minimum Gasteiger partial charge on any atom is -0.492 e. The molecule has 1 aromatic heterocycles. The molecule has 0 atom stereocenters. The number of likely N-dealkylation sites (tertiary alicyclic amines) is 1. The van der Waals surface area contributed by atoms with Crippen LogP contribution in [-0.2, 0) is 0 Å². The molecular formula is C11H15ClN2O. The lowest BCUT2D eigenvalue weighted by atomic mass is 10.4. The van der Waals surface area contributed by atoms with Crippen LogP contribution >= 0.6 is 11.6 Å². The second-order valence-corrected chi connectivity index (χ2v) is 4.10. The van der Waals surface area contributed by atoms with E-state index in [4.69, 9.17) is 16.3 Å². The normalized spacial score (nSPS) is 16.9. The van der Waals surface area contributed by atoms with E-state index in [2.05, 4.69) is 9.88 Å². The lowest BCUT2D eigenvalue weighted by molar-refractivity contribution is 0.237. The summed E-state index contributed by atoms with van der Waals surface area (Å²) >= 11 is 5.75. The summed E-state index contributed by atoms with van der Waals surface area (Å²) in [6, 6.07) is 3.57. The van der Waals surface area contributed by atoms with Crippen molar-refractivity contribution < 1.29 is 4.74 Å². The van der Waals surface area contributed by atoms with E-state index >= 15 is 0 Å². The summed E-state index contributed by atoms with van der Waals surface area (Å²) in [5, 5.41) is 0.480. The van der Waals surface area contributed by atoms with E-state index in [1.807, 2.05) is 6.07 Å². The van der Waals surface area contributed by atoms with E-state index in [0.29, 0.717) is 5.15 Å². The summed E-state index contributed by atoms with van der Waals surface area (Å²) in [7, 11) is 0. The van der Waals surface area contributed by atoms with Crippen molar-refractivity contribution >= 4 is 11.6 Å². The molecule has 0 amide bonds. The van der Waals surface area contributed by atoms with Crippen molar-refractivity contribution in [3.05, 3.63) is 23.5 Å². The molecule has 2 heterocycles. The Morgan fingerprint density at radius 1 is 1.40 bits per heavy atom. The van der Waals surface area contributed by atoms with Gasteiger partial charge in [0.25, 0.3) is 0 Å². The SMILES string of the molecule is Clc1cc(OCCN2CCCC2)ccn1. The molecule has 0 spiro atoms. The summed E-state index contributed by atoms with van der Waals surface area (Å²) in [5.74, 6) is 0.800. The van der Waals surface area contributed by atoms with Gasteiger partial charge in [-0.3, -0.25) is 4.90 Å². The zero-order valence-electron chi connectivity index (χ0n) is 8.66. The van der Waals surface area contributed by atoms with E-state index in [1.165, 1.54) is 25.9 Å². The van der Waals surface area contributed by atoms with Gasteiger partial charge in [-0.25, -0.2) is 4.98 Å². The van der Waals surface area contributed by atoms with Gasteiger partial charge in [-0.2, -0.15) is 0 Å². The van der Waals surface area contributed by atoms with Crippen LogP contribution in [0, 0.1) is 0 Å². The first-order chi connectivity index (χ1) is 7.34. The molecule has 0 N–H and O–H groups in total. The maximum atomic E-state index is 5.75. The number of halogens is 1. The third-order valence-corrected chi connectivity index (χ3v) is 2.78. The highest BCUT2D eigenvalue weighted by Crippen LogP contribution is 2.14. The highest BCUT2D eigenvalue weighted by Gasteiger charge is 2.10. The molecule has 2 rings (SSSR count). The summed E-state index contributed by atoms with van der Waals surface area (Å²) in [6.45, 7) is 4.14. The van der Waals surface area contributed by atoms with Gasteiger partial charge in [0.15, 0.2) is 0 Å². The summed E-state index contributed by atoms with van der Waals surface area (Å²) in [4.78, 5) is 6.32. The zero-order chi connectivity index (χ0) is 10.5. The van der Waals surface area contributed by atoms with Crippen molar-refractivity contribution in [1.29, 1.82) is 0 Å². The Kier molecular flexibility index (Phi) is 3.80. The maximum absolute atomic E-state index is 5.75. The Morgan fingerprint density at radius 2 is 2.20 bits per heavy atom. The van der Waals surface area contributed by atoms with Crippen LogP contribution in [0.15, 0.2) is 18.3 Å². The second-order valence-electron chi connectivity index (χ2n) is 3.71. The van der Waals surface area contributed by atoms with Gasteiger partial charge >= 0.3 is 0 Å². The van der Waals surface area contributed by atoms with Crippen LogP contribution in [0.25, 0.3) is 0 Å². The van der Waals surface area contributed by atoms with E-state index in [0.717, 1.165) is 18.9 Å². The Morgan fingerprint density at radius 3 is 2.93 bits per heavy atom. The maximum Gasteiger partial charge on any atom is 0.132 e. The molecule has 4 heteroatoms. The Labute approximate surface area is 95.0 Å². The lowest BCUT2D eigenvalue weighted by Gasteiger charge is -2.14. The molecule has 1 aromatic rings. The van der Waals surface area contributed by atoms with Gasteiger partial charge in [0.05, 0.1) is 0 Å². The average molecular weight is 227 g/mol. The molecule has 3 nitrogen and oxygen atoms in total. The van der Waals surface area contributed by atoms with Gasteiger partial charge in [-0.15, -0.1) is 0 Å². The molecule has 1 aliphatic rings. The fourth-order valence-electron chi connectivity index (χ4n) is 1.77. The molecule has 1 saturated heterocycles. The Balaban J connectivity index is 1.73. The quantitative estimate of drug-likeness (QED) is 0.737. The van der Waals surface area contributed by atoms with E-state index in [1.54, 1.807) is 12.3 Å². The van der Waals surface area contributed by atoms with Crippen molar-refractivity contribution in [1.82, 2.24) is 9.88 Å². The van der Waals surface area contributed by atoms with Crippen molar-refractivity contribution in [3.63, 3.8) is 0 Å². The van der Waals surface area contributed by atoms with Gasteiger partial charge in [0.1, 0.15) is 17.5 Å². The van der Waals surface area contributed by atoms with Gasteiger partial charge < -0.3 is 4.74 Å². The minimum absolute atomic E-state index is 0.480. The second kappa shape index (κ2) is 5.33. The summed E-state index contributed by atoms with van der Waals surface area (Å²) in [5.41, 5.74) is 0. The monoisotopic (exact) mass is 226 g/mol. The van der Waals surface area contributed by atoms with Crippen molar-refractivity contribution in [2.24, 2.45) is 0 Å². The number of ether oxygens (including phenoxy) is 1. The number of hydrogen-bond acceptors (Lipinski definition) is 3. The van der Waals surface area contributed by atoms with Crippen molar-refractivity contribution in [3.8, 4) is 5.75 Å². The van der Waals surface area contributed by atoms with Gasteiger partial charge in [-0.1, -0.05) is 11.6 Å². The highest BCUT2D eigenvalue weighted by atomic mass is 35.5. The lowest BCUT2D eigenvalue weighted by Crippen LogP contribution is -2.25. The van der Waals surface area contributed by atoms with Crippen LogP contribution in [0.5, 0.6) is 5.75 Å². The fourth-order valence-corrected chi connectivity index (χ4v) is 1.94. The molecule has 1 fully saturated rings. The number of nitrogens with zero attached hydrogens (tertiary/aromatic N) is 2. The van der Waals surface area contributed by atoms with Crippen molar-refractivity contribution in [2.45, 2.75) is 12.8 Å². The third-order valence-electron chi connectivity index (χ3n) is 2.57. The average Bonchev–Trinajstić information content (AvgIpc) is 2.71. The molecule has 0 saturated carbocycles. The molecule has 1 aliphatic heterocycles. The standard InChI is InChI=1S/C11H15ClN2O/c12-11-9-10(3-4-13-11)15-8-7-14-5-1-2-6-14/h3-4,9H,1-2,5-8H2. The first kappa shape index (κ1) is 10.7. The van der Waals surface area contributed by atoms with Gasteiger partial charge in [0.2, 0.25) is 0 Å². The predicted octanol–water partition coefficient (Wildman–Crippen LogP) is 2.21. The molecule has 0 bridgehead atoms. The third kappa shape index (κ3) is 3.36. The number of rotatable bonds is 4. The summed E-state index contributed by atoms with van der Waals surface area (Å²) in [6.07, 6.45) is 4.30. The highest BCUT2D eigenvalue weighted by molar-refractivity contribution is 6.29. The topological polar surface area (TPSA) is 25.4 Å². The fraction of sp³-hybridized carbons (Fsp3) is 0.545. The van der Waals surface area contributed by atoms with Crippen LogP contribution in [0.2, 0.25) is 5.15 Å².